The summed E-state index contributed by atoms with van der Waals surface area (Å²) in [6.07, 6.45) is 1.96. The quantitative estimate of drug-likeness (QED) is 0.508. The Hall–Kier alpha value is -1.63. The third-order valence-corrected chi connectivity index (χ3v) is 4.65. The molecular weight excluding hydrogens is 360 g/mol. The number of benzene rings is 1. The van der Waals surface area contributed by atoms with Gasteiger partial charge in [0.25, 0.3) is 0 Å². The lowest BCUT2D eigenvalue weighted by Gasteiger charge is -2.09. The van der Waals surface area contributed by atoms with E-state index in [-0.39, 0.29) is 11.0 Å². The van der Waals surface area contributed by atoms with E-state index in [0.29, 0.717) is 10.7 Å². The number of rotatable bonds is 4. The Morgan fingerprint density at radius 1 is 1.30 bits per heavy atom. The van der Waals surface area contributed by atoms with Crippen LogP contribution in [0.3, 0.4) is 0 Å². The van der Waals surface area contributed by atoms with Crippen molar-refractivity contribution in [3.05, 3.63) is 46.5 Å². The SMILES string of the molecule is COc1nc(Cl)c(F)cc1NSc1cn(C)c2cc(Cl)ccc12. The van der Waals surface area contributed by atoms with Gasteiger partial charge < -0.3 is 14.0 Å². The van der Waals surface area contributed by atoms with Crippen molar-refractivity contribution in [1.82, 2.24) is 9.55 Å². The molecule has 1 aromatic carbocycles. The van der Waals surface area contributed by atoms with Crippen LogP contribution in [0.25, 0.3) is 10.9 Å². The highest BCUT2D eigenvalue weighted by Gasteiger charge is 2.13. The van der Waals surface area contributed by atoms with Crippen molar-refractivity contribution in [3.63, 3.8) is 0 Å². The molecule has 0 spiro atoms. The van der Waals surface area contributed by atoms with Gasteiger partial charge in [0.15, 0.2) is 11.0 Å². The number of aromatic nitrogens is 2. The predicted molar refractivity (Wildman–Crippen MR) is 93.2 cm³/mol. The van der Waals surface area contributed by atoms with Crippen LogP contribution in [-0.4, -0.2) is 16.7 Å². The minimum Gasteiger partial charge on any atom is -0.479 e. The van der Waals surface area contributed by atoms with Crippen LogP contribution in [-0.2, 0) is 7.05 Å². The van der Waals surface area contributed by atoms with E-state index in [1.54, 1.807) is 0 Å². The van der Waals surface area contributed by atoms with E-state index in [4.69, 9.17) is 27.9 Å². The molecular formula is C15H12Cl2FN3OS. The molecule has 0 saturated carbocycles. The normalized spacial score (nSPS) is 11.0. The highest BCUT2D eigenvalue weighted by Crippen LogP contribution is 2.34. The summed E-state index contributed by atoms with van der Waals surface area (Å²) in [4.78, 5) is 4.82. The third-order valence-electron chi connectivity index (χ3n) is 3.28. The van der Waals surface area contributed by atoms with Crippen molar-refractivity contribution >= 4 is 51.7 Å². The first kappa shape index (κ1) is 16.2. The van der Waals surface area contributed by atoms with Crippen LogP contribution in [0.2, 0.25) is 10.2 Å². The molecule has 0 saturated heterocycles. The van der Waals surface area contributed by atoms with E-state index in [1.165, 1.54) is 25.1 Å². The van der Waals surface area contributed by atoms with Gasteiger partial charge in [-0.05, 0) is 24.1 Å². The molecule has 0 aliphatic carbocycles. The largest absolute Gasteiger partial charge is 0.479 e. The van der Waals surface area contributed by atoms with Crippen molar-refractivity contribution in [2.75, 3.05) is 11.8 Å². The number of halogens is 3. The first-order valence-electron chi connectivity index (χ1n) is 6.57. The summed E-state index contributed by atoms with van der Waals surface area (Å²) in [6, 6.07) is 6.92. The number of nitrogens with one attached hydrogen (secondary N) is 1. The van der Waals surface area contributed by atoms with Gasteiger partial charge in [0.05, 0.1) is 17.5 Å². The summed E-state index contributed by atoms with van der Waals surface area (Å²) in [7, 11) is 3.39. The third kappa shape index (κ3) is 3.20. The van der Waals surface area contributed by atoms with E-state index < -0.39 is 5.82 Å². The number of hydrogen-bond donors (Lipinski definition) is 1. The number of methoxy groups -OCH3 is 1. The van der Waals surface area contributed by atoms with E-state index in [1.807, 2.05) is 36.0 Å². The number of nitrogens with zero attached hydrogens (tertiary/aromatic N) is 2. The lowest BCUT2D eigenvalue weighted by Crippen LogP contribution is -1.97. The molecule has 1 N–H and O–H groups in total. The summed E-state index contributed by atoms with van der Waals surface area (Å²) in [5, 5.41) is 1.49. The minimum absolute atomic E-state index is 0.225. The predicted octanol–water partition coefficient (Wildman–Crippen LogP) is 5.15. The van der Waals surface area contributed by atoms with Gasteiger partial charge >= 0.3 is 0 Å². The van der Waals surface area contributed by atoms with E-state index >= 15 is 0 Å². The second-order valence-corrected chi connectivity index (χ2v) is 6.43. The van der Waals surface area contributed by atoms with Gasteiger partial charge in [-0.3, -0.25) is 0 Å². The van der Waals surface area contributed by atoms with Crippen LogP contribution < -0.4 is 9.46 Å². The van der Waals surface area contributed by atoms with Crippen LogP contribution in [0.5, 0.6) is 5.88 Å². The van der Waals surface area contributed by atoms with Crippen LogP contribution in [0, 0.1) is 5.82 Å². The van der Waals surface area contributed by atoms with Crippen LogP contribution in [0.4, 0.5) is 10.1 Å². The molecule has 8 heteroatoms. The van der Waals surface area contributed by atoms with Crippen LogP contribution in [0.1, 0.15) is 0 Å². The Labute approximate surface area is 146 Å². The molecule has 0 radical (unpaired) electrons. The van der Waals surface area contributed by atoms with Crippen molar-refractivity contribution in [2.24, 2.45) is 7.05 Å². The number of pyridine rings is 1. The average Bonchev–Trinajstić information content (AvgIpc) is 2.84. The van der Waals surface area contributed by atoms with E-state index in [2.05, 4.69) is 9.71 Å². The van der Waals surface area contributed by atoms with Gasteiger partial charge in [0.2, 0.25) is 5.88 Å². The molecule has 0 amide bonds. The monoisotopic (exact) mass is 371 g/mol. The van der Waals surface area contributed by atoms with Crippen molar-refractivity contribution in [1.29, 1.82) is 0 Å². The summed E-state index contributed by atoms with van der Waals surface area (Å²) in [5.41, 5.74) is 1.42. The Balaban J connectivity index is 1.91. The van der Waals surface area contributed by atoms with Crippen molar-refractivity contribution in [3.8, 4) is 5.88 Å². The molecule has 0 aliphatic heterocycles. The molecule has 0 unspecified atom stereocenters. The second kappa shape index (κ2) is 6.47. The summed E-state index contributed by atoms with van der Waals surface area (Å²) < 4.78 is 23.8. The molecule has 0 fully saturated rings. The van der Waals surface area contributed by atoms with Gasteiger partial charge in [-0.1, -0.05) is 29.3 Å². The van der Waals surface area contributed by atoms with Gasteiger partial charge in [0.1, 0.15) is 5.69 Å². The van der Waals surface area contributed by atoms with Crippen molar-refractivity contribution in [2.45, 2.75) is 4.90 Å². The molecule has 2 heterocycles. The lowest BCUT2D eigenvalue weighted by atomic mass is 10.2. The second-order valence-electron chi connectivity index (χ2n) is 4.79. The highest BCUT2D eigenvalue weighted by molar-refractivity contribution is 8.00. The maximum absolute atomic E-state index is 13.6. The topological polar surface area (TPSA) is 39.1 Å². The summed E-state index contributed by atoms with van der Waals surface area (Å²) in [6.45, 7) is 0. The van der Waals surface area contributed by atoms with E-state index in [9.17, 15) is 4.39 Å². The lowest BCUT2D eigenvalue weighted by molar-refractivity contribution is 0.398. The number of fused-ring (bicyclic) bond motifs is 1. The Morgan fingerprint density at radius 2 is 2.09 bits per heavy atom. The molecule has 120 valence electrons. The fraction of sp³-hybridized carbons (Fsp3) is 0.133. The fourth-order valence-electron chi connectivity index (χ4n) is 2.19. The van der Waals surface area contributed by atoms with Gasteiger partial charge in [-0.15, -0.1) is 0 Å². The molecule has 0 atom stereocenters. The number of ether oxygens (including phenoxy) is 1. The molecule has 3 rings (SSSR count). The zero-order chi connectivity index (χ0) is 16.6. The first-order chi connectivity index (χ1) is 11.0. The standard InChI is InChI=1S/C15H12Cl2FN3OS/c1-21-7-13(9-4-3-8(16)5-12(9)21)23-20-11-6-10(18)14(17)19-15(11)22-2/h3-7,20H,1-2H3. The maximum Gasteiger partial charge on any atom is 0.239 e. The van der Waals surface area contributed by atoms with Crippen LogP contribution >= 0.6 is 35.1 Å². The number of aryl methyl sites for hydroxylation is 1. The average molecular weight is 372 g/mol. The number of hydrogen-bond acceptors (Lipinski definition) is 4. The smallest absolute Gasteiger partial charge is 0.239 e. The molecule has 2 aromatic heterocycles. The van der Waals surface area contributed by atoms with Gasteiger partial charge in [0, 0.05) is 29.7 Å². The fourth-order valence-corrected chi connectivity index (χ4v) is 3.35. The van der Waals surface area contributed by atoms with Crippen molar-refractivity contribution < 1.29 is 9.13 Å². The Kier molecular flexibility index (Phi) is 4.57. The molecule has 3 aromatic rings. The Bertz CT molecular complexity index is 885. The minimum atomic E-state index is -0.611. The Morgan fingerprint density at radius 3 is 2.83 bits per heavy atom. The molecule has 0 aliphatic rings. The van der Waals surface area contributed by atoms with Crippen LogP contribution in [0.15, 0.2) is 35.4 Å². The zero-order valence-electron chi connectivity index (χ0n) is 12.2. The zero-order valence-corrected chi connectivity index (χ0v) is 14.6. The highest BCUT2D eigenvalue weighted by atomic mass is 35.5. The summed E-state index contributed by atoms with van der Waals surface area (Å²) >= 11 is 13.0. The summed E-state index contributed by atoms with van der Waals surface area (Å²) in [5.74, 6) is -0.382. The molecule has 4 nitrogen and oxygen atoms in total. The van der Waals surface area contributed by atoms with Gasteiger partial charge in [-0.2, -0.15) is 4.98 Å². The molecule has 23 heavy (non-hydrogen) atoms. The van der Waals surface area contributed by atoms with E-state index in [0.717, 1.165) is 15.8 Å². The van der Waals surface area contributed by atoms with Gasteiger partial charge in [-0.25, -0.2) is 4.39 Å². The first-order valence-corrected chi connectivity index (χ1v) is 8.14. The maximum atomic E-state index is 13.6. The number of anilines is 1. The molecule has 0 bridgehead atoms.